The maximum Gasteiger partial charge on any atom is 0.0717 e. The van der Waals surface area contributed by atoms with Crippen LogP contribution < -0.4 is 0 Å². The summed E-state index contributed by atoms with van der Waals surface area (Å²) in [5.74, 6) is 0. The Morgan fingerprint density at radius 3 is 2.74 bits per heavy atom. The summed E-state index contributed by atoms with van der Waals surface area (Å²) in [6.45, 7) is 1.40. The predicted octanol–water partition coefficient (Wildman–Crippen LogP) is 3.09. The highest BCUT2D eigenvalue weighted by molar-refractivity contribution is 5.48. The Labute approximate surface area is 112 Å². The number of nitrogens with zero attached hydrogens (tertiary/aromatic N) is 2. The van der Waals surface area contributed by atoms with Crippen molar-refractivity contribution >= 4 is 5.52 Å². The van der Waals surface area contributed by atoms with Gasteiger partial charge in [-0.1, -0.05) is 30.3 Å². The lowest BCUT2D eigenvalue weighted by Gasteiger charge is -2.02. The molecule has 1 aromatic carbocycles. The van der Waals surface area contributed by atoms with E-state index < -0.39 is 0 Å². The molecule has 0 aliphatic rings. The third-order valence-corrected chi connectivity index (χ3v) is 3.08. The zero-order chi connectivity index (χ0) is 12.9. The maximum atomic E-state index is 5.69. The van der Waals surface area contributed by atoms with Crippen LogP contribution in [0.25, 0.3) is 5.52 Å². The van der Waals surface area contributed by atoms with Crippen molar-refractivity contribution in [2.24, 2.45) is 0 Å². The molecule has 0 saturated heterocycles. The van der Waals surface area contributed by atoms with Gasteiger partial charge in [0, 0.05) is 12.4 Å². The lowest BCUT2D eigenvalue weighted by atomic mass is 10.2. The number of hydrogen-bond acceptors (Lipinski definition) is 2. The Bertz CT molecular complexity index is 613. The highest BCUT2D eigenvalue weighted by atomic mass is 16.5. The minimum absolute atomic E-state index is 0.673. The van der Waals surface area contributed by atoms with Crippen molar-refractivity contribution in [3.8, 4) is 0 Å². The van der Waals surface area contributed by atoms with Crippen molar-refractivity contribution in [3.05, 3.63) is 72.1 Å². The van der Waals surface area contributed by atoms with E-state index in [1.54, 1.807) is 6.20 Å². The molecule has 96 valence electrons. The number of hydrogen-bond donors (Lipinski definition) is 0. The number of fused-ring (bicyclic) bond motifs is 1. The largest absolute Gasteiger partial charge is 0.376 e. The summed E-state index contributed by atoms with van der Waals surface area (Å²) < 4.78 is 7.59. The summed E-state index contributed by atoms with van der Waals surface area (Å²) >= 11 is 0. The molecule has 0 atom stereocenters. The summed E-state index contributed by atoms with van der Waals surface area (Å²) in [5.41, 5.74) is 3.60. The van der Waals surface area contributed by atoms with Crippen molar-refractivity contribution in [1.82, 2.24) is 9.61 Å². The first kappa shape index (κ1) is 11.9. The van der Waals surface area contributed by atoms with E-state index in [-0.39, 0.29) is 0 Å². The molecule has 2 aromatic heterocycles. The molecule has 3 rings (SSSR count). The fourth-order valence-electron chi connectivity index (χ4n) is 2.09. The van der Waals surface area contributed by atoms with Gasteiger partial charge in [0.15, 0.2) is 0 Å². The maximum absolute atomic E-state index is 5.69. The molecule has 0 spiro atoms. The van der Waals surface area contributed by atoms with Crippen molar-refractivity contribution in [2.75, 3.05) is 6.61 Å². The van der Waals surface area contributed by atoms with Crippen molar-refractivity contribution in [2.45, 2.75) is 13.0 Å². The molecule has 0 fully saturated rings. The van der Waals surface area contributed by atoms with Crippen molar-refractivity contribution in [1.29, 1.82) is 0 Å². The normalized spacial score (nSPS) is 10.9. The van der Waals surface area contributed by atoms with Gasteiger partial charge in [0.05, 0.1) is 18.7 Å². The first-order valence-electron chi connectivity index (χ1n) is 6.46. The quantitative estimate of drug-likeness (QED) is 0.652. The summed E-state index contributed by atoms with van der Waals surface area (Å²) in [7, 11) is 0. The summed E-state index contributed by atoms with van der Waals surface area (Å²) in [6, 6.07) is 16.4. The molecular weight excluding hydrogens is 236 g/mol. The van der Waals surface area contributed by atoms with E-state index >= 15 is 0 Å². The van der Waals surface area contributed by atoms with Gasteiger partial charge in [-0.3, -0.25) is 0 Å². The molecule has 3 aromatic rings. The standard InChI is InChI=1S/C16H16N2O/c1-2-5-14(6-3-1)13-19-10-8-15-11-16-7-4-9-17-18(16)12-15/h1-7,9,11-12H,8,10,13H2. The van der Waals surface area contributed by atoms with Crippen LogP contribution in [0.1, 0.15) is 11.1 Å². The van der Waals surface area contributed by atoms with E-state index in [2.05, 4.69) is 35.6 Å². The Morgan fingerprint density at radius 1 is 1.00 bits per heavy atom. The van der Waals surface area contributed by atoms with Crippen LogP contribution in [-0.4, -0.2) is 16.2 Å². The SMILES string of the molecule is c1ccc(COCCc2cc3cccnn3c2)cc1. The van der Waals surface area contributed by atoms with Gasteiger partial charge >= 0.3 is 0 Å². The molecule has 0 bridgehead atoms. The fraction of sp³-hybridized carbons (Fsp3) is 0.188. The third-order valence-electron chi connectivity index (χ3n) is 3.08. The van der Waals surface area contributed by atoms with Crippen LogP contribution in [0.5, 0.6) is 0 Å². The molecule has 3 nitrogen and oxygen atoms in total. The van der Waals surface area contributed by atoms with Gasteiger partial charge in [0.2, 0.25) is 0 Å². The molecular formula is C16H16N2O. The summed E-state index contributed by atoms with van der Waals surface area (Å²) in [5, 5.41) is 4.25. The number of aromatic nitrogens is 2. The van der Waals surface area contributed by atoms with Crippen LogP contribution in [-0.2, 0) is 17.8 Å². The predicted molar refractivity (Wildman–Crippen MR) is 75.0 cm³/mol. The zero-order valence-corrected chi connectivity index (χ0v) is 10.7. The lowest BCUT2D eigenvalue weighted by molar-refractivity contribution is 0.124. The highest BCUT2D eigenvalue weighted by Gasteiger charge is 2.00. The Balaban J connectivity index is 1.52. The number of ether oxygens (including phenoxy) is 1. The molecule has 0 aliphatic carbocycles. The number of rotatable bonds is 5. The van der Waals surface area contributed by atoms with Crippen LogP contribution >= 0.6 is 0 Å². The van der Waals surface area contributed by atoms with E-state index in [9.17, 15) is 0 Å². The van der Waals surface area contributed by atoms with Crippen LogP contribution in [0.4, 0.5) is 0 Å². The molecule has 3 heteroatoms. The van der Waals surface area contributed by atoms with Gasteiger partial charge in [0.25, 0.3) is 0 Å². The molecule has 0 amide bonds. The summed E-state index contributed by atoms with van der Waals surface area (Å²) in [4.78, 5) is 0. The minimum Gasteiger partial charge on any atom is -0.376 e. The van der Waals surface area contributed by atoms with Gasteiger partial charge in [-0.2, -0.15) is 5.10 Å². The van der Waals surface area contributed by atoms with Crippen LogP contribution in [0.2, 0.25) is 0 Å². The Kier molecular flexibility index (Phi) is 3.56. The average Bonchev–Trinajstić information content (AvgIpc) is 2.87. The van der Waals surface area contributed by atoms with E-state index in [0.717, 1.165) is 18.5 Å². The third kappa shape index (κ3) is 3.01. The molecule has 0 saturated carbocycles. The highest BCUT2D eigenvalue weighted by Crippen LogP contribution is 2.09. The second-order valence-electron chi connectivity index (χ2n) is 4.53. The smallest absolute Gasteiger partial charge is 0.0717 e. The molecule has 0 radical (unpaired) electrons. The molecule has 0 unspecified atom stereocenters. The van der Waals surface area contributed by atoms with Crippen LogP contribution in [0.15, 0.2) is 60.9 Å². The second kappa shape index (κ2) is 5.67. The topological polar surface area (TPSA) is 26.5 Å². The molecule has 19 heavy (non-hydrogen) atoms. The van der Waals surface area contributed by atoms with Crippen LogP contribution in [0.3, 0.4) is 0 Å². The first-order valence-corrected chi connectivity index (χ1v) is 6.46. The van der Waals surface area contributed by atoms with Gasteiger partial charge in [-0.15, -0.1) is 0 Å². The van der Waals surface area contributed by atoms with Gasteiger partial charge in [0.1, 0.15) is 0 Å². The van der Waals surface area contributed by atoms with E-state index in [1.165, 1.54) is 11.1 Å². The second-order valence-corrected chi connectivity index (χ2v) is 4.53. The molecule has 2 heterocycles. The molecule has 0 N–H and O–H groups in total. The minimum atomic E-state index is 0.673. The van der Waals surface area contributed by atoms with Gasteiger partial charge in [-0.25, -0.2) is 4.52 Å². The van der Waals surface area contributed by atoms with Gasteiger partial charge in [-0.05, 0) is 35.7 Å². The van der Waals surface area contributed by atoms with E-state index in [0.29, 0.717) is 6.61 Å². The Hall–Kier alpha value is -2.13. The van der Waals surface area contributed by atoms with Crippen LogP contribution in [0, 0.1) is 0 Å². The average molecular weight is 252 g/mol. The fourth-order valence-corrected chi connectivity index (χ4v) is 2.09. The molecule has 0 aliphatic heterocycles. The van der Waals surface area contributed by atoms with E-state index in [4.69, 9.17) is 4.74 Å². The van der Waals surface area contributed by atoms with Gasteiger partial charge < -0.3 is 4.74 Å². The monoisotopic (exact) mass is 252 g/mol. The summed E-state index contributed by atoms with van der Waals surface area (Å²) in [6.07, 6.45) is 4.76. The number of benzene rings is 1. The van der Waals surface area contributed by atoms with Crippen molar-refractivity contribution < 1.29 is 4.74 Å². The lowest BCUT2D eigenvalue weighted by Crippen LogP contribution is -1.98. The van der Waals surface area contributed by atoms with E-state index in [1.807, 2.05) is 28.8 Å². The Morgan fingerprint density at radius 2 is 1.89 bits per heavy atom. The zero-order valence-electron chi connectivity index (χ0n) is 10.7. The van der Waals surface area contributed by atoms with Crippen molar-refractivity contribution in [3.63, 3.8) is 0 Å². The first-order chi connectivity index (χ1) is 9.42.